The van der Waals surface area contributed by atoms with Crippen LogP contribution in [0.2, 0.25) is 0 Å². The Bertz CT molecular complexity index is 653. The van der Waals surface area contributed by atoms with E-state index in [0.29, 0.717) is 11.8 Å². The number of aliphatic hydroxyl groups is 1. The number of likely N-dealkylation sites (tertiary alicyclic amines) is 1. The molecule has 2 atom stereocenters. The Labute approximate surface area is 138 Å². The molecule has 1 fully saturated rings. The summed E-state index contributed by atoms with van der Waals surface area (Å²) in [6.45, 7) is 10.3. The number of aliphatic hydroxyl groups excluding tert-OH is 1. The largest absolute Gasteiger partial charge is 0.396 e. The van der Waals surface area contributed by atoms with Gasteiger partial charge in [0.05, 0.1) is 5.69 Å². The van der Waals surface area contributed by atoms with Crippen molar-refractivity contribution < 1.29 is 5.11 Å². The molecule has 3 rings (SSSR count). The monoisotopic (exact) mass is 314 g/mol. The van der Waals surface area contributed by atoms with Crippen LogP contribution in [0, 0.1) is 19.8 Å². The molecule has 0 unspecified atom stereocenters. The van der Waals surface area contributed by atoms with Gasteiger partial charge in [-0.15, -0.1) is 0 Å². The first-order chi connectivity index (χ1) is 11.1. The molecule has 23 heavy (non-hydrogen) atoms. The van der Waals surface area contributed by atoms with E-state index in [4.69, 9.17) is 0 Å². The second-order valence-electron chi connectivity index (χ2n) is 6.49. The lowest BCUT2D eigenvalue weighted by Gasteiger charge is -2.16. The first-order valence-corrected chi connectivity index (χ1v) is 8.40. The van der Waals surface area contributed by atoms with Gasteiger partial charge in [-0.1, -0.05) is 0 Å². The Balaban J connectivity index is 1.77. The SMILES string of the molecule is CCn1nc(C)c(CN2C[C@@H](CO)[C@H](c3ccncc3)C2)c1C. The highest BCUT2D eigenvalue weighted by molar-refractivity contribution is 5.25. The van der Waals surface area contributed by atoms with Crippen molar-refractivity contribution in [3.63, 3.8) is 0 Å². The van der Waals surface area contributed by atoms with Crippen LogP contribution in [-0.4, -0.2) is 44.5 Å². The standard InChI is InChI=1S/C18H26N4O/c1-4-22-14(3)17(13(2)20-22)10-21-9-16(12-23)18(11-21)15-5-7-19-8-6-15/h5-8,16,18,23H,4,9-12H2,1-3H3/t16-,18-/m0/s1. The molecule has 0 saturated carbocycles. The highest BCUT2D eigenvalue weighted by atomic mass is 16.3. The summed E-state index contributed by atoms with van der Waals surface area (Å²) in [5.74, 6) is 0.670. The summed E-state index contributed by atoms with van der Waals surface area (Å²) in [6, 6.07) is 4.14. The van der Waals surface area contributed by atoms with Crippen molar-refractivity contribution in [2.45, 2.75) is 39.8 Å². The second-order valence-corrected chi connectivity index (χ2v) is 6.49. The molecule has 5 nitrogen and oxygen atoms in total. The molecular formula is C18H26N4O. The lowest BCUT2D eigenvalue weighted by Crippen LogP contribution is -2.21. The Morgan fingerprint density at radius 3 is 2.57 bits per heavy atom. The van der Waals surface area contributed by atoms with Crippen LogP contribution < -0.4 is 0 Å². The van der Waals surface area contributed by atoms with E-state index in [1.807, 2.05) is 12.4 Å². The van der Waals surface area contributed by atoms with Gasteiger partial charge in [0.15, 0.2) is 0 Å². The van der Waals surface area contributed by atoms with E-state index >= 15 is 0 Å². The predicted molar refractivity (Wildman–Crippen MR) is 90.2 cm³/mol. The summed E-state index contributed by atoms with van der Waals surface area (Å²) >= 11 is 0. The molecule has 1 N–H and O–H groups in total. The highest BCUT2D eigenvalue weighted by Gasteiger charge is 2.33. The molecule has 0 aliphatic carbocycles. The first-order valence-electron chi connectivity index (χ1n) is 8.40. The molecular weight excluding hydrogens is 288 g/mol. The lowest BCUT2D eigenvalue weighted by molar-refractivity contribution is 0.213. The van der Waals surface area contributed by atoms with Gasteiger partial charge in [-0.05, 0) is 38.5 Å². The Kier molecular flexibility index (Phi) is 4.78. The Hall–Kier alpha value is -1.72. The second kappa shape index (κ2) is 6.81. The fourth-order valence-corrected chi connectivity index (χ4v) is 3.76. The fraction of sp³-hybridized carbons (Fsp3) is 0.556. The van der Waals surface area contributed by atoms with Crippen LogP contribution in [0.1, 0.15) is 35.4 Å². The molecule has 3 heterocycles. The van der Waals surface area contributed by atoms with Crippen molar-refractivity contribution in [1.29, 1.82) is 0 Å². The molecule has 5 heteroatoms. The van der Waals surface area contributed by atoms with Gasteiger partial charge in [0, 0.05) is 68.3 Å². The maximum absolute atomic E-state index is 9.77. The number of hydrogen-bond donors (Lipinski definition) is 1. The molecule has 1 saturated heterocycles. The zero-order valence-corrected chi connectivity index (χ0v) is 14.2. The minimum Gasteiger partial charge on any atom is -0.396 e. The third-order valence-corrected chi connectivity index (χ3v) is 5.10. The zero-order valence-electron chi connectivity index (χ0n) is 14.2. The van der Waals surface area contributed by atoms with Crippen LogP contribution in [0.25, 0.3) is 0 Å². The van der Waals surface area contributed by atoms with E-state index in [-0.39, 0.29) is 6.61 Å². The Morgan fingerprint density at radius 1 is 1.22 bits per heavy atom. The molecule has 2 aromatic rings. The van der Waals surface area contributed by atoms with E-state index in [0.717, 1.165) is 31.9 Å². The average molecular weight is 314 g/mol. The maximum atomic E-state index is 9.77. The van der Waals surface area contributed by atoms with Crippen LogP contribution >= 0.6 is 0 Å². The number of aryl methyl sites for hydroxylation is 2. The van der Waals surface area contributed by atoms with Crippen LogP contribution in [-0.2, 0) is 13.1 Å². The lowest BCUT2D eigenvalue weighted by atomic mass is 9.90. The summed E-state index contributed by atoms with van der Waals surface area (Å²) in [4.78, 5) is 6.55. The van der Waals surface area contributed by atoms with E-state index < -0.39 is 0 Å². The van der Waals surface area contributed by atoms with Crippen molar-refractivity contribution in [2.24, 2.45) is 5.92 Å². The number of pyridine rings is 1. The summed E-state index contributed by atoms with van der Waals surface area (Å²) in [5.41, 5.74) is 4.99. The average Bonchev–Trinajstić information content (AvgIpc) is 3.11. The smallest absolute Gasteiger partial charge is 0.0641 e. The molecule has 1 aliphatic heterocycles. The van der Waals surface area contributed by atoms with E-state index in [2.05, 4.69) is 52.6 Å². The number of hydrogen-bond acceptors (Lipinski definition) is 4. The molecule has 0 radical (unpaired) electrons. The van der Waals surface area contributed by atoms with Gasteiger partial charge < -0.3 is 5.11 Å². The van der Waals surface area contributed by atoms with Crippen molar-refractivity contribution >= 4 is 0 Å². The van der Waals surface area contributed by atoms with Crippen LogP contribution in [0.15, 0.2) is 24.5 Å². The molecule has 2 aromatic heterocycles. The van der Waals surface area contributed by atoms with Gasteiger partial charge in [0.25, 0.3) is 0 Å². The molecule has 0 aromatic carbocycles. The summed E-state index contributed by atoms with van der Waals surface area (Å²) < 4.78 is 2.07. The van der Waals surface area contributed by atoms with Gasteiger partial charge in [-0.2, -0.15) is 5.10 Å². The molecule has 124 valence electrons. The minimum absolute atomic E-state index is 0.232. The van der Waals surface area contributed by atoms with Crippen molar-refractivity contribution in [3.8, 4) is 0 Å². The highest BCUT2D eigenvalue weighted by Crippen LogP contribution is 2.33. The number of aromatic nitrogens is 3. The van der Waals surface area contributed by atoms with Gasteiger partial charge >= 0.3 is 0 Å². The van der Waals surface area contributed by atoms with Gasteiger partial charge in [0.1, 0.15) is 0 Å². The van der Waals surface area contributed by atoms with Crippen molar-refractivity contribution in [3.05, 3.63) is 47.0 Å². The van der Waals surface area contributed by atoms with E-state index in [1.54, 1.807) is 0 Å². The first kappa shape index (κ1) is 16.1. The molecule has 0 spiro atoms. The molecule has 0 amide bonds. The quantitative estimate of drug-likeness (QED) is 0.918. The predicted octanol–water partition coefficient (Wildman–Crippen LogP) is 2.12. The maximum Gasteiger partial charge on any atom is 0.0641 e. The minimum atomic E-state index is 0.232. The van der Waals surface area contributed by atoms with Crippen molar-refractivity contribution in [2.75, 3.05) is 19.7 Å². The summed E-state index contributed by atoms with van der Waals surface area (Å²) in [7, 11) is 0. The number of nitrogens with zero attached hydrogens (tertiary/aromatic N) is 4. The van der Waals surface area contributed by atoms with E-state index in [1.165, 1.54) is 16.8 Å². The van der Waals surface area contributed by atoms with Crippen LogP contribution in [0.5, 0.6) is 0 Å². The Morgan fingerprint density at radius 2 is 1.96 bits per heavy atom. The third kappa shape index (κ3) is 3.16. The summed E-state index contributed by atoms with van der Waals surface area (Å²) in [6.07, 6.45) is 3.68. The van der Waals surface area contributed by atoms with Gasteiger partial charge in [-0.25, -0.2) is 0 Å². The molecule has 1 aliphatic rings. The molecule has 0 bridgehead atoms. The van der Waals surface area contributed by atoms with Gasteiger partial charge in [0.2, 0.25) is 0 Å². The fourth-order valence-electron chi connectivity index (χ4n) is 3.76. The van der Waals surface area contributed by atoms with Crippen LogP contribution in [0.3, 0.4) is 0 Å². The third-order valence-electron chi connectivity index (χ3n) is 5.10. The number of rotatable bonds is 5. The normalized spacial score (nSPS) is 21.9. The zero-order chi connectivity index (χ0) is 16.4. The van der Waals surface area contributed by atoms with Crippen molar-refractivity contribution in [1.82, 2.24) is 19.7 Å². The van der Waals surface area contributed by atoms with Gasteiger partial charge in [-0.3, -0.25) is 14.6 Å². The van der Waals surface area contributed by atoms with Crippen LogP contribution in [0.4, 0.5) is 0 Å². The topological polar surface area (TPSA) is 54.2 Å². The summed E-state index contributed by atoms with van der Waals surface area (Å²) in [5, 5.41) is 14.4. The van der Waals surface area contributed by atoms with E-state index in [9.17, 15) is 5.11 Å².